The molecule has 2 aliphatic rings. The second kappa shape index (κ2) is 5.02. The van der Waals surface area contributed by atoms with E-state index in [2.05, 4.69) is 35.0 Å². The van der Waals surface area contributed by atoms with Crippen molar-refractivity contribution in [1.29, 1.82) is 0 Å². The molecular weight excluding hydrogens is 226 g/mol. The number of nitrogens with zero attached hydrogens (tertiary/aromatic N) is 2. The maximum Gasteiger partial charge on any atom is 0.0757 e. The van der Waals surface area contributed by atoms with Gasteiger partial charge >= 0.3 is 0 Å². The number of hydrogen-bond acceptors (Lipinski definition) is 3. The monoisotopic (exact) mass is 249 g/mol. The molecule has 1 aliphatic carbocycles. The van der Waals surface area contributed by atoms with Gasteiger partial charge in [0.2, 0.25) is 0 Å². The van der Waals surface area contributed by atoms with Gasteiger partial charge in [-0.2, -0.15) is 5.10 Å². The molecule has 1 saturated carbocycles. The van der Waals surface area contributed by atoms with Crippen LogP contribution in [0.5, 0.6) is 0 Å². The average molecular weight is 249 g/mol. The standard InChI is InChI=1S/C14H23N3O/c1-3-17-12(8-10(2)16-17)9-15-13-6-7-18-14(13)11-4-5-11/h8,11,13-15H,3-7,9H2,1-2H3. The van der Waals surface area contributed by atoms with E-state index in [4.69, 9.17) is 4.74 Å². The highest BCUT2D eigenvalue weighted by Crippen LogP contribution is 2.38. The first-order chi connectivity index (χ1) is 8.78. The summed E-state index contributed by atoms with van der Waals surface area (Å²) < 4.78 is 7.94. The zero-order valence-corrected chi connectivity index (χ0v) is 11.4. The third-order valence-electron chi connectivity index (χ3n) is 4.05. The minimum atomic E-state index is 0.462. The van der Waals surface area contributed by atoms with Crippen molar-refractivity contribution >= 4 is 0 Å². The van der Waals surface area contributed by atoms with Gasteiger partial charge in [0.25, 0.3) is 0 Å². The summed E-state index contributed by atoms with van der Waals surface area (Å²) in [6.45, 7) is 6.97. The number of aryl methyl sites for hydroxylation is 2. The summed E-state index contributed by atoms with van der Waals surface area (Å²) in [4.78, 5) is 0. The van der Waals surface area contributed by atoms with Gasteiger partial charge in [0.1, 0.15) is 0 Å². The summed E-state index contributed by atoms with van der Waals surface area (Å²) in [5.41, 5.74) is 2.39. The molecule has 4 nitrogen and oxygen atoms in total. The lowest BCUT2D eigenvalue weighted by Gasteiger charge is -2.19. The molecule has 2 unspecified atom stereocenters. The second-order valence-corrected chi connectivity index (χ2v) is 5.54. The van der Waals surface area contributed by atoms with Crippen LogP contribution in [0.1, 0.15) is 37.6 Å². The molecule has 2 fully saturated rings. The predicted molar refractivity (Wildman–Crippen MR) is 70.3 cm³/mol. The molecular formula is C14H23N3O. The molecule has 1 saturated heterocycles. The average Bonchev–Trinajstić information content (AvgIpc) is 2.99. The summed E-state index contributed by atoms with van der Waals surface area (Å²) in [6, 6.07) is 2.72. The van der Waals surface area contributed by atoms with Crippen molar-refractivity contribution in [2.75, 3.05) is 6.61 Å². The summed E-state index contributed by atoms with van der Waals surface area (Å²) in [7, 11) is 0. The Labute approximate surface area is 109 Å². The Kier molecular flexibility index (Phi) is 3.39. The van der Waals surface area contributed by atoms with Crippen LogP contribution in [-0.2, 0) is 17.8 Å². The summed E-state index contributed by atoms with van der Waals surface area (Å²) in [5.74, 6) is 0.822. The lowest BCUT2D eigenvalue weighted by atomic mass is 10.1. The minimum absolute atomic E-state index is 0.462. The molecule has 0 amide bonds. The Morgan fingerprint density at radius 1 is 1.44 bits per heavy atom. The largest absolute Gasteiger partial charge is 0.376 e. The molecule has 2 atom stereocenters. The molecule has 4 heteroatoms. The third kappa shape index (κ3) is 2.45. The first kappa shape index (κ1) is 12.2. The van der Waals surface area contributed by atoms with Crippen molar-refractivity contribution in [3.05, 3.63) is 17.5 Å². The van der Waals surface area contributed by atoms with Crippen LogP contribution >= 0.6 is 0 Å². The maximum absolute atomic E-state index is 5.85. The van der Waals surface area contributed by atoms with Crippen molar-refractivity contribution in [1.82, 2.24) is 15.1 Å². The molecule has 3 rings (SSSR count). The maximum atomic E-state index is 5.85. The van der Waals surface area contributed by atoms with Gasteiger partial charge in [-0.1, -0.05) is 0 Å². The normalized spacial score (nSPS) is 27.9. The molecule has 18 heavy (non-hydrogen) atoms. The molecule has 0 bridgehead atoms. The lowest BCUT2D eigenvalue weighted by Crippen LogP contribution is -2.37. The van der Waals surface area contributed by atoms with Gasteiger partial charge < -0.3 is 10.1 Å². The number of rotatable bonds is 5. The van der Waals surface area contributed by atoms with E-state index in [1.807, 2.05) is 0 Å². The second-order valence-electron chi connectivity index (χ2n) is 5.54. The number of hydrogen-bond donors (Lipinski definition) is 1. The highest BCUT2D eigenvalue weighted by Gasteiger charge is 2.40. The number of nitrogens with one attached hydrogen (secondary N) is 1. The van der Waals surface area contributed by atoms with Crippen LogP contribution in [0.2, 0.25) is 0 Å². The number of aromatic nitrogens is 2. The number of ether oxygens (including phenoxy) is 1. The van der Waals surface area contributed by atoms with E-state index in [9.17, 15) is 0 Å². The van der Waals surface area contributed by atoms with Gasteiger partial charge in [0, 0.05) is 25.7 Å². The highest BCUT2D eigenvalue weighted by molar-refractivity contribution is 5.09. The first-order valence-electron chi connectivity index (χ1n) is 7.16. The van der Waals surface area contributed by atoms with E-state index in [-0.39, 0.29) is 0 Å². The van der Waals surface area contributed by atoms with E-state index in [1.54, 1.807) is 0 Å². The molecule has 0 aromatic carbocycles. The van der Waals surface area contributed by atoms with Crippen molar-refractivity contribution < 1.29 is 4.74 Å². The molecule has 1 aliphatic heterocycles. The van der Waals surface area contributed by atoms with E-state index in [0.29, 0.717) is 12.1 Å². The van der Waals surface area contributed by atoms with Gasteiger partial charge in [0.05, 0.1) is 17.5 Å². The van der Waals surface area contributed by atoms with Gasteiger partial charge in [-0.3, -0.25) is 4.68 Å². The van der Waals surface area contributed by atoms with Crippen LogP contribution < -0.4 is 5.32 Å². The topological polar surface area (TPSA) is 39.1 Å². The van der Waals surface area contributed by atoms with Crippen LogP contribution in [0.25, 0.3) is 0 Å². The fourth-order valence-corrected chi connectivity index (χ4v) is 2.97. The molecule has 1 N–H and O–H groups in total. The van der Waals surface area contributed by atoms with Crippen LogP contribution in [0, 0.1) is 12.8 Å². The Hall–Kier alpha value is -0.870. The van der Waals surface area contributed by atoms with Gasteiger partial charge in [-0.25, -0.2) is 0 Å². The van der Waals surface area contributed by atoms with Crippen molar-refractivity contribution in [2.24, 2.45) is 5.92 Å². The Balaban J connectivity index is 1.59. The fraction of sp³-hybridized carbons (Fsp3) is 0.786. The van der Waals surface area contributed by atoms with E-state index >= 15 is 0 Å². The van der Waals surface area contributed by atoms with Crippen molar-refractivity contribution in [3.63, 3.8) is 0 Å². The molecule has 1 aromatic heterocycles. The fourth-order valence-electron chi connectivity index (χ4n) is 2.97. The third-order valence-corrected chi connectivity index (χ3v) is 4.05. The Bertz CT molecular complexity index is 411. The smallest absolute Gasteiger partial charge is 0.0757 e. The molecule has 0 spiro atoms. The van der Waals surface area contributed by atoms with Crippen LogP contribution in [-0.4, -0.2) is 28.5 Å². The molecule has 0 radical (unpaired) electrons. The van der Waals surface area contributed by atoms with Crippen LogP contribution in [0.3, 0.4) is 0 Å². The SMILES string of the molecule is CCn1nc(C)cc1CNC1CCOC1C1CC1. The molecule has 1 aromatic rings. The Morgan fingerprint density at radius 3 is 3.00 bits per heavy atom. The van der Waals surface area contributed by atoms with Crippen LogP contribution in [0.4, 0.5) is 0 Å². The van der Waals surface area contributed by atoms with E-state index < -0.39 is 0 Å². The quantitative estimate of drug-likeness (QED) is 0.866. The summed E-state index contributed by atoms with van der Waals surface area (Å²) in [5, 5.41) is 8.16. The molecule has 2 heterocycles. The highest BCUT2D eigenvalue weighted by atomic mass is 16.5. The van der Waals surface area contributed by atoms with Gasteiger partial charge in [-0.15, -0.1) is 0 Å². The van der Waals surface area contributed by atoms with Gasteiger partial charge in [-0.05, 0) is 45.1 Å². The van der Waals surface area contributed by atoms with Crippen LogP contribution in [0.15, 0.2) is 6.07 Å². The molecule has 100 valence electrons. The van der Waals surface area contributed by atoms with Crippen molar-refractivity contribution in [2.45, 2.75) is 58.3 Å². The zero-order chi connectivity index (χ0) is 12.5. The lowest BCUT2D eigenvalue weighted by molar-refractivity contribution is 0.0807. The van der Waals surface area contributed by atoms with Crippen molar-refractivity contribution in [3.8, 4) is 0 Å². The zero-order valence-electron chi connectivity index (χ0n) is 11.4. The van der Waals surface area contributed by atoms with E-state index in [1.165, 1.54) is 18.5 Å². The van der Waals surface area contributed by atoms with E-state index in [0.717, 1.165) is 37.7 Å². The minimum Gasteiger partial charge on any atom is -0.376 e. The Morgan fingerprint density at radius 2 is 2.28 bits per heavy atom. The first-order valence-corrected chi connectivity index (χ1v) is 7.16. The summed E-state index contributed by atoms with van der Waals surface area (Å²) >= 11 is 0. The predicted octanol–water partition coefficient (Wildman–Crippen LogP) is 1.87. The van der Waals surface area contributed by atoms with Gasteiger partial charge in [0.15, 0.2) is 0 Å². The summed E-state index contributed by atoms with van der Waals surface area (Å²) in [6.07, 6.45) is 4.33.